The number of carbonyl (C=O) groups excluding carboxylic acids is 1. The molecule has 24 heavy (non-hydrogen) atoms. The van der Waals surface area contributed by atoms with Crippen molar-refractivity contribution in [3.05, 3.63) is 66.0 Å². The second-order valence-corrected chi connectivity index (χ2v) is 5.38. The summed E-state index contributed by atoms with van der Waals surface area (Å²) in [5, 5.41) is 4.32. The Hall–Kier alpha value is -2.89. The van der Waals surface area contributed by atoms with E-state index in [0.29, 0.717) is 30.9 Å². The van der Waals surface area contributed by atoms with Crippen molar-refractivity contribution in [1.29, 1.82) is 0 Å². The second kappa shape index (κ2) is 7.12. The summed E-state index contributed by atoms with van der Waals surface area (Å²) in [5.41, 5.74) is 1.61. The number of hydrogen-bond donors (Lipinski definition) is 0. The first-order valence-corrected chi connectivity index (χ1v) is 7.81. The van der Waals surface area contributed by atoms with E-state index in [2.05, 4.69) is 15.1 Å². The zero-order chi connectivity index (χ0) is 16.9. The molecule has 0 saturated heterocycles. The molecule has 0 bridgehead atoms. The van der Waals surface area contributed by atoms with Gasteiger partial charge in [-0.2, -0.15) is 4.68 Å². The van der Waals surface area contributed by atoms with E-state index in [1.165, 1.54) is 16.8 Å². The number of benzene rings is 1. The number of nitrogens with zero attached hydrogens (tertiary/aromatic N) is 4. The molecule has 1 aromatic carbocycles. The highest BCUT2D eigenvalue weighted by Crippen LogP contribution is 2.16. The molecule has 0 radical (unpaired) electrons. The van der Waals surface area contributed by atoms with Crippen molar-refractivity contribution >= 4 is 5.91 Å². The number of pyridine rings is 1. The summed E-state index contributed by atoms with van der Waals surface area (Å²) in [6.45, 7) is 1.78. The van der Waals surface area contributed by atoms with Gasteiger partial charge in [-0.15, -0.1) is 5.10 Å². The molecule has 0 unspecified atom stereocenters. The molecule has 3 rings (SSSR count). The predicted molar refractivity (Wildman–Crippen MR) is 88.0 cm³/mol. The molecule has 0 N–H and O–H groups in total. The van der Waals surface area contributed by atoms with E-state index in [4.69, 9.17) is 0 Å². The van der Waals surface area contributed by atoms with Crippen LogP contribution in [0.3, 0.4) is 0 Å². The molecule has 3 aromatic rings. The van der Waals surface area contributed by atoms with Crippen molar-refractivity contribution < 1.29 is 9.18 Å². The molecule has 6 heteroatoms. The van der Waals surface area contributed by atoms with Crippen molar-refractivity contribution in [3.8, 4) is 11.4 Å². The first kappa shape index (κ1) is 16.0. The quantitative estimate of drug-likeness (QED) is 0.722. The Balaban J connectivity index is 1.88. The van der Waals surface area contributed by atoms with E-state index < -0.39 is 0 Å². The molecule has 0 saturated carbocycles. The molecule has 0 aliphatic heterocycles. The van der Waals surface area contributed by atoms with Gasteiger partial charge in [-0.3, -0.25) is 9.78 Å². The Morgan fingerprint density at radius 1 is 1.21 bits per heavy atom. The van der Waals surface area contributed by atoms with Crippen LogP contribution in [0.4, 0.5) is 4.39 Å². The van der Waals surface area contributed by atoms with Gasteiger partial charge in [0.15, 0.2) is 5.82 Å². The van der Waals surface area contributed by atoms with Gasteiger partial charge in [-0.05, 0) is 36.2 Å². The van der Waals surface area contributed by atoms with Gasteiger partial charge in [0.05, 0.1) is 0 Å². The third-order valence-electron chi connectivity index (χ3n) is 3.66. The Kier molecular flexibility index (Phi) is 4.74. The number of hydrogen-bond acceptors (Lipinski definition) is 4. The highest BCUT2D eigenvalue weighted by Gasteiger charge is 2.16. The highest BCUT2D eigenvalue weighted by molar-refractivity contribution is 5.78. The lowest BCUT2D eigenvalue weighted by atomic mass is 10.1. The van der Waals surface area contributed by atoms with Crippen LogP contribution in [0.2, 0.25) is 0 Å². The number of halogens is 1. The van der Waals surface area contributed by atoms with Crippen LogP contribution in [0.1, 0.15) is 29.5 Å². The number of aryl methyl sites for hydroxylation is 2. The van der Waals surface area contributed by atoms with Gasteiger partial charge in [-0.1, -0.05) is 19.1 Å². The van der Waals surface area contributed by atoms with Gasteiger partial charge in [0, 0.05) is 30.8 Å². The summed E-state index contributed by atoms with van der Waals surface area (Å²) in [5.74, 6) is 0.658. The van der Waals surface area contributed by atoms with E-state index in [0.717, 1.165) is 11.1 Å². The summed E-state index contributed by atoms with van der Waals surface area (Å²) < 4.78 is 14.6. The van der Waals surface area contributed by atoms with Gasteiger partial charge in [0.2, 0.25) is 5.91 Å². The second-order valence-electron chi connectivity index (χ2n) is 5.38. The Morgan fingerprint density at radius 3 is 2.79 bits per heavy atom. The van der Waals surface area contributed by atoms with Crippen LogP contribution in [-0.4, -0.2) is 25.7 Å². The predicted octanol–water partition coefficient (Wildman–Crippen LogP) is 3.31. The van der Waals surface area contributed by atoms with Crippen LogP contribution >= 0.6 is 0 Å². The van der Waals surface area contributed by atoms with Crippen LogP contribution in [0.5, 0.6) is 0 Å². The van der Waals surface area contributed by atoms with Crippen LogP contribution in [0.15, 0.2) is 48.8 Å². The Bertz CT molecular complexity index is 845. The largest absolute Gasteiger partial charge is 0.273 e. The number of rotatable bonds is 5. The van der Waals surface area contributed by atoms with Gasteiger partial charge in [0.25, 0.3) is 0 Å². The van der Waals surface area contributed by atoms with Gasteiger partial charge in [0.1, 0.15) is 11.6 Å². The molecule has 0 aliphatic carbocycles. The zero-order valence-electron chi connectivity index (χ0n) is 13.3. The van der Waals surface area contributed by atoms with Crippen molar-refractivity contribution in [1.82, 2.24) is 19.7 Å². The molecule has 0 atom stereocenters. The van der Waals surface area contributed by atoms with Crippen molar-refractivity contribution in [3.63, 3.8) is 0 Å². The molecule has 0 fully saturated rings. The topological polar surface area (TPSA) is 60.7 Å². The first-order valence-electron chi connectivity index (χ1n) is 7.81. The molecular weight excluding hydrogens is 307 g/mol. The molecule has 5 nitrogen and oxygen atoms in total. The third kappa shape index (κ3) is 3.53. The van der Waals surface area contributed by atoms with Crippen molar-refractivity contribution in [2.75, 3.05) is 0 Å². The van der Waals surface area contributed by atoms with Gasteiger partial charge in [-0.25, -0.2) is 9.37 Å². The minimum atomic E-state index is -0.269. The maximum absolute atomic E-state index is 13.3. The minimum absolute atomic E-state index is 0.119. The molecule has 2 aromatic heterocycles. The summed E-state index contributed by atoms with van der Waals surface area (Å²) in [6, 6.07) is 10.1. The lowest BCUT2D eigenvalue weighted by Crippen LogP contribution is -2.15. The van der Waals surface area contributed by atoms with E-state index in [-0.39, 0.29) is 11.7 Å². The average molecular weight is 324 g/mol. The molecule has 0 aliphatic rings. The third-order valence-corrected chi connectivity index (χ3v) is 3.66. The average Bonchev–Trinajstić information content (AvgIpc) is 3.04. The highest BCUT2D eigenvalue weighted by atomic mass is 19.1. The summed E-state index contributed by atoms with van der Waals surface area (Å²) in [6.07, 6.45) is 4.75. The van der Waals surface area contributed by atoms with Crippen LogP contribution in [-0.2, 0) is 12.8 Å². The number of carbonyl (C=O) groups is 1. The van der Waals surface area contributed by atoms with E-state index in [9.17, 15) is 9.18 Å². The molecule has 0 spiro atoms. The van der Waals surface area contributed by atoms with E-state index in [1.54, 1.807) is 31.5 Å². The summed E-state index contributed by atoms with van der Waals surface area (Å²) >= 11 is 0. The van der Waals surface area contributed by atoms with Crippen LogP contribution < -0.4 is 0 Å². The van der Waals surface area contributed by atoms with Crippen LogP contribution in [0.25, 0.3) is 11.4 Å². The lowest BCUT2D eigenvalue weighted by molar-refractivity contribution is 0.0889. The summed E-state index contributed by atoms with van der Waals surface area (Å²) in [7, 11) is 0. The zero-order valence-corrected chi connectivity index (χ0v) is 13.3. The fourth-order valence-electron chi connectivity index (χ4n) is 2.42. The van der Waals surface area contributed by atoms with Crippen LogP contribution in [0, 0.1) is 5.82 Å². The number of aromatic nitrogens is 4. The maximum Gasteiger partial charge on any atom is 0.248 e. The lowest BCUT2D eigenvalue weighted by Gasteiger charge is -2.03. The van der Waals surface area contributed by atoms with Crippen molar-refractivity contribution in [2.24, 2.45) is 0 Å². The summed E-state index contributed by atoms with van der Waals surface area (Å²) in [4.78, 5) is 20.7. The SMILES string of the molecule is CCC(=O)n1nc(-c2cccnc2)nc1CCc1cccc(F)c1. The van der Waals surface area contributed by atoms with E-state index >= 15 is 0 Å². The molecular formula is C18H17FN4O. The van der Waals surface area contributed by atoms with Gasteiger partial charge >= 0.3 is 0 Å². The van der Waals surface area contributed by atoms with Crippen molar-refractivity contribution in [2.45, 2.75) is 26.2 Å². The fourth-order valence-corrected chi connectivity index (χ4v) is 2.42. The normalized spacial score (nSPS) is 10.8. The molecule has 122 valence electrons. The van der Waals surface area contributed by atoms with Gasteiger partial charge < -0.3 is 0 Å². The molecule has 0 amide bonds. The standard InChI is InChI=1S/C18H17FN4O/c1-2-17(24)23-16(9-8-13-5-3-7-15(19)11-13)21-18(22-23)14-6-4-10-20-12-14/h3-7,10-12H,2,8-9H2,1H3. The monoisotopic (exact) mass is 324 g/mol. The fraction of sp³-hybridized carbons (Fsp3) is 0.222. The molecule has 2 heterocycles. The smallest absolute Gasteiger partial charge is 0.248 e. The van der Waals surface area contributed by atoms with E-state index in [1.807, 2.05) is 12.1 Å². The Morgan fingerprint density at radius 2 is 2.08 bits per heavy atom. The minimum Gasteiger partial charge on any atom is -0.273 e. The first-order chi connectivity index (χ1) is 11.7. The Labute approximate surface area is 139 Å². The maximum atomic E-state index is 13.3.